The SMILES string of the molecule is COc1ccc(OC)c2c1CN(Cc1ccc(C#N)cc1F)C[C@H]2O. The third-order valence-corrected chi connectivity index (χ3v) is 4.44. The van der Waals surface area contributed by atoms with Crippen LogP contribution in [0, 0.1) is 17.1 Å². The largest absolute Gasteiger partial charge is 0.496 e. The van der Waals surface area contributed by atoms with Crippen LogP contribution in [0.25, 0.3) is 0 Å². The van der Waals surface area contributed by atoms with Gasteiger partial charge in [-0.05, 0) is 24.3 Å². The van der Waals surface area contributed by atoms with Crippen molar-refractivity contribution in [1.29, 1.82) is 5.26 Å². The minimum atomic E-state index is -0.754. The van der Waals surface area contributed by atoms with Crippen LogP contribution in [0.15, 0.2) is 30.3 Å². The predicted molar refractivity (Wildman–Crippen MR) is 89.7 cm³/mol. The molecule has 1 atom stereocenters. The fourth-order valence-corrected chi connectivity index (χ4v) is 3.25. The zero-order valence-electron chi connectivity index (χ0n) is 14.1. The highest BCUT2D eigenvalue weighted by atomic mass is 19.1. The maximum atomic E-state index is 14.2. The van der Waals surface area contributed by atoms with Gasteiger partial charge in [0.05, 0.1) is 32.0 Å². The molecule has 0 spiro atoms. The molecule has 3 rings (SSSR count). The quantitative estimate of drug-likeness (QED) is 0.925. The molecule has 0 bridgehead atoms. The second-order valence-electron chi connectivity index (χ2n) is 5.97. The summed E-state index contributed by atoms with van der Waals surface area (Å²) in [6.07, 6.45) is -0.754. The first kappa shape index (κ1) is 17.2. The number of halogens is 1. The maximum absolute atomic E-state index is 14.2. The molecule has 1 N–H and O–H groups in total. The molecule has 6 heteroatoms. The highest BCUT2D eigenvalue weighted by Crippen LogP contribution is 2.39. The van der Waals surface area contributed by atoms with Crippen LogP contribution < -0.4 is 9.47 Å². The number of β-amino-alcohol motifs (C(OH)–C–C–N with tert-alkyl or cyclic N) is 1. The first-order chi connectivity index (χ1) is 12.1. The van der Waals surface area contributed by atoms with Gasteiger partial charge in [-0.15, -0.1) is 0 Å². The van der Waals surface area contributed by atoms with Gasteiger partial charge in [-0.25, -0.2) is 4.39 Å². The van der Waals surface area contributed by atoms with E-state index in [1.165, 1.54) is 6.07 Å². The van der Waals surface area contributed by atoms with E-state index >= 15 is 0 Å². The van der Waals surface area contributed by atoms with Crippen LogP contribution in [0.4, 0.5) is 4.39 Å². The van der Waals surface area contributed by atoms with Crippen molar-refractivity contribution in [3.63, 3.8) is 0 Å². The van der Waals surface area contributed by atoms with E-state index in [0.29, 0.717) is 36.7 Å². The lowest BCUT2D eigenvalue weighted by molar-refractivity contribution is 0.0837. The van der Waals surface area contributed by atoms with Gasteiger partial charge in [0.25, 0.3) is 0 Å². The number of rotatable bonds is 4. The van der Waals surface area contributed by atoms with Gasteiger partial charge in [0.2, 0.25) is 0 Å². The van der Waals surface area contributed by atoms with Gasteiger partial charge in [0.1, 0.15) is 17.3 Å². The minimum Gasteiger partial charge on any atom is -0.496 e. The second kappa shape index (κ2) is 7.09. The summed E-state index contributed by atoms with van der Waals surface area (Å²) in [5.41, 5.74) is 2.33. The van der Waals surface area contributed by atoms with Crippen LogP contribution in [0.2, 0.25) is 0 Å². The van der Waals surface area contributed by atoms with Crippen LogP contribution >= 0.6 is 0 Å². The van der Waals surface area contributed by atoms with Crippen LogP contribution in [0.3, 0.4) is 0 Å². The molecule has 130 valence electrons. The number of fused-ring (bicyclic) bond motifs is 1. The van der Waals surface area contributed by atoms with Crippen molar-refractivity contribution in [2.24, 2.45) is 0 Å². The van der Waals surface area contributed by atoms with Crippen LogP contribution in [0.1, 0.15) is 28.4 Å². The Morgan fingerprint density at radius 3 is 2.60 bits per heavy atom. The number of aliphatic hydroxyl groups is 1. The van der Waals surface area contributed by atoms with Crippen LogP contribution in [-0.2, 0) is 13.1 Å². The molecule has 0 fully saturated rings. The Morgan fingerprint density at radius 2 is 1.96 bits per heavy atom. The van der Waals surface area contributed by atoms with Crippen molar-refractivity contribution >= 4 is 0 Å². The lowest BCUT2D eigenvalue weighted by atomic mass is 9.94. The van der Waals surface area contributed by atoms with Gasteiger partial charge in [-0.1, -0.05) is 6.07 Å². The van der Waals surface area contributed by atoms with E-state index in [-0.39, 0.29) is 5.56 Å². The van der Waals surface area contributed by atoms with E-state index < -0.39 is 11.9 Å². The van der Waals surface area contributed by atoms with Crippen molar-refractivity contribution in [2.45, 2.75) is 19.2 Å². The third-order valence-electron chi connectivity index (χ3n) is 4.44. The van der Waals surface area contributed by atoms with Gasteiger partial charge >= 0.3 is 0 Å². The topological polar surface area (TPSA) is 65.7 Å². The zero-order valence-corrected chi connectivity index (χ0v) is 14.1. The highest BCUT2D eigenvalue weighted by molar-refractivity contribution is 5.51. The normalized spacial score (nSPS) is 16.8. The summed E-state index contributed by atoms with van der Waals surface area (Å²) in [5, 5.41) is 19.4. The number of hydrogen-bond acceptors (Lipinski definition) is 5. The fourth-order valence-electron chi connectivity index (χ4n) is 3.25. The molecule has 1 heterocycles. The van der Waals surface area contributed by atoms with E-state index in [2.05, 4.69) is 0 Å². The Bertz CT molecular complexity index is 832. The van der Waals surface area contributed by atoms with Crippen molar-refractivity contribution in [3.8, 4) is 17.6 Å². The van der Waals surface area contributed by atoms with Crippen molar-refractivity contribution in [3.05, 3.63) is 58.4 Å². The monoisotopic (exact) mass is 342 g/mol. The molecule has 0 saturated heterocycles. The molecular formula is C19H19FN2O3. The van der Waals surface area contributed by atoms with Crippen LogP contribution in [0.5, 0.6) is 11.5 Å². The molecule has 1 aliphatic heterocycles. The standard InChI is InChI=1S/C19H19FN2O3/c1-24-17-5-6-18(25-2)19-14(17)10-22(11-16(19)23)9-13-4-3-12(8-21)7-15(13)20/h3-7,16,23H,9-11H2,1-2H3/t16-/m1/s1. The van der Waals surface area contributed by atoms with E-state index in [4.69, 9.17) is 14.7 Å². The van der Waals surface area contributed by atoms with Gasteiger partial charge in [-0.3, -0.25) is 4.90 Å². The summed E-state index contributed by atoms with van der Waals surface area (Å²) in [5.74, 6) is 0.865. The summed E-state index contributed by atoms with van der Waals surface area (Å²) in [6, 6.07) is 9.93. The summed E-state index contributed by atoms with van der Waals surface area (Å²) in [4.78, 5) is 1.94. The Kier molecular flexibility index (Phi) is 4.88. The molecular weight excluding hydrogens is 323 g/mol. The number of nitriles is 1. The number of aliphatic hydroxyl groups excluding tert-OH is 1. The predicted octanol–water partition coefficient (Wildman–Crippen LogP) is 2.76. The average molecular weight is 342 g/mol. The second-order valence-corrected chi connectivity index (χ2v) is 5.97. The van der Waals surface area contributed by atoms with Crippen molar-refractivity contribution < 1.29 is 19.0 Å². The summed E-state index contributed by atoms with van der Waals surface area (Å²) < 4.78 is 24.9. The van der Waals surface area contributed by atoms with Gasteiger partial charge in [0.15, 0.2) is 0 Å². The van der Waals surface area contributed by atoms with E-state index in [1.54, 1.807) is 38.5 Å². The molecule has 0 aromatic heterocycles. The summed E-state index contributed by atoms with van der Waals surface area (Å²) in [6.45, 7) is 1.19. The first-order valence-corrected chi connectivity index (χ1v) is 7.90. The number of ether oxygens (including phenoxy) is 2. The smallest absolute Gasteiger partial charge is 0.129 e. The van der Waals surface area contributed by atoms with Crippen molar-refractivity contribution in [2.75, 3.05) is 20.8 Å². The highest BCUT2D eigenvalue weighted by Gasteiger charge is 2.29. The summed E-state index contributed by atoms with van der Waals surface area (Å²) >= 11 is 0. The molecule has 2 aromatic carbocycles. The van der Waals surface area contributed by atoms with Gasteiger partial charge in [0, 0.05) is 36.3 Å². The van der Waals surface area contributed by atoms with E-state index in [1.807, 2.05) is 11.0 Å². The summed E-state index contributed by atoms with van der Waals surface area (Å²) in [7, 11) is 3.14. The number of hydrogen-bond donors (Lipinski definition) is 1. The van der Waals surface area contributed by atoms with Gasteiger partial charge in [-0.2, -0.15) is 5.26 Å². The Morgan fingerprint density at radius 1 is 1.24 bits per heavy atom. The Balaban J connectivity index is 1.90. The molecule has 0 aliphatic carbocycles. The first-order valence-electron chi connectivity index (χ1n) is 7.90. The number of benzene rings is 2. The molecule has 2 aromatic rings. The Hall–Kier alpha value is -2.62. The van der Waals surface area contributed by atoms with Gasteiger partial charge < -0.3 is 14.6 Å². The number of nitrogens with zero attached hydrogens (tertiary/aromatic N) is 2. The molecule has 0 unspecified atom stereocenters. The molecule has 0 amide bonds. The van der Waals surface area contributed by atoms with Crippen molar-refractivity contribution in [1.82, 2.24) is 4.90 Å². The van der Waals surface area contributed by atoms with E-state index in [9.17, 15) is 9.50 Å². The lowest BCUT2D eigenvalue weighted by Gasteiger charge is -2.34. The molecule has 0 radical (unpaired) electrons. The Labute approximate surface area is 145 Å². The number of methoxy groups -OCH3 is 2. The molecule has 1 aliphatic rings. The molecule has 0 saturated carbocycles. The zero-order chi connectivity index (χ0) is 18.0. The third kappa shape index (κ3) is 3.29. The fraction of sp³-hybridized carbons (Fsp3) is 0.316. The molecule has 25 heavy (non-hydrogen) atoms. The maximum Gasteiger partial charge on any atom is 0.129 e. The van der Waals surface area contributed by atoms with Crippen LogP contribution in [-0.4, -0.2) is 30.8 Å². The lowest BCUT2D eigenvalue weighted by Crippen LogP contribution is -2.34. The van der Waals surface area contributed by atoms with E-state index in [0.717, 1.165) is 11.1 Å². The minimum absolute atomic E-state index is 0.289. The molecule has 5 nitrogen and oxygen atoms in total. The average Bonchev–Trinajstić information content (AvgIpc) is 2.62.